The molecule has 1 atom stereocenters. The molecule has 24 heavy (non-hydrogen) atoms. The molecular weight excluding hydrogens is 318 g/mol. The Balaban J connectivity index is 1.66. The van der Waals surface area contributed by atoms with Gasteiger partial charge in [-0.3, -0.25) is 9.36 Å². The van der Waals surface area contributed by atoms with Gasteiger partial charge in [0.1, 0.15) is 5.00 Å². The lowest BCUT2D eigenvalue weighted by atomic mass is 9.99. The highest BCUT2D eigenvalue weighted by Crippen LogP contribution is 2.29. The number of para-hydroxylation sites is 1. The number of benzene rings is 1. The second-order valence-electron chi connectivity index (χ2n) is 6.04. The van der Waals surface area contributed by atoms with Gasteiger partial charge in [0, 0.05) is 24.6 Å². The number of ketones is 1. The number of imidazole rings is 1. The number of hydrogen-bond donors (Lipinski definition) is 0. The van der Waals surface area contributed by atoms with E-state index in [0.717, 1.165) is 24.4 Å². The number of thiophene rings is 1. The molecule has 5 heteroatoms. The van der Waals surface area contributed by atoms with E-state index in [1.165, 1.54) is 11.3 Å². The van der Waals surface area contributed by atoms with E-state index in [-0.39, 0.29) is 11.8 Å². The van der Waals surface area contributed by atoms with Crippen LogP contribution in [0.15, 0.2) is 54.2 Å². The fourth-order valence-corrected chi connectivity index (χ4v) is 4.08. The lowest BCUT2D eigenvalue weighted by Gasteiger charge is -2.35. The zero-order valence-corrected chi connectivity index (χ0v) is 14.4. The van der Waals surface area contributed by atoms with E-state index in [0.29, 0.717) is 5.82 Å². The quantitative estimate of drug-likeness (QED) is 0.677. The summed E-state index contributed by atoms with van der Waals surface area (Å²) in [6, 6.07) is 12.1. The van der Waals surface area contributed by atoms with Crippen LogP contribution in [0.4, 0.5) is 5.69 Å². The van der Waals surface area contributed by atoms with Gasteiger partial charge in [0.2, 0.25) is 5.78 Å². The molecule has 0 saturated heterocycles. The monoisotopic (exact) mass is 337 g/mol. The van der Waals surface area contributed by atoms with Crippen LogP contribution in [0.25, 0.3) is 5.00 Å². The van der Waals surface area contributed by atoms with E-state index in [1.807, 2.05) is 41.3 Å². The normalized spacial score (nSPS) is 15.1. The Morgan fingerprint density at radius 3 is 2.96 bits per heavy atom. The number of aryl methyl sites for hydroxylation is 1. The summed E-state index contributed by atoms with van der Waals surface area (Å²) in [6.07, 6.45) is 5.71. The fourth-order valence-electron chi connectivity index (χ4n) is 3.36. The second-order valence-corrected chi connectivity index (χ2v) is 6.96. The number of aromatic nitrogens is 2. The van der Waals surface area contributed by atoms with Crippen LogP contribution in [0.3, 0.4) is 0 Å². The molecule has 0 spiro atoms. The largest absolute Gasteiger partial charge is 0.361 e. The SMILES string of the molecule is C[C@@H](C(=O)c1nccn1-c1cccs1)N1CCCc2ccccc21. The number of hydrogen-bond acceptors (Lipinski definition) is 4. The first-order valence-corrected chi connectivity index (χ1v) is 9.09. The minimum absolute atomic E-state index is 0.0603. The first-order valence-electron chi connectivity index (χ1n) is 8.21. The topological polar surface area (TPSA) is 38.1 Å². The maximum absolute atomic E-state index is 13.1. The number of anilines is 1. The van der Waals surface area contributed by atoms with Crippen LogP contribution in [0.1, 0.15) is 29.5 Å². The van der Waals surface area contributed by atoms with Gasteiger partial charge in [-0.25, -0.2) is 4.98 Å². The molecule has 0 amide bonds. The molecule has 2 aromatic heterocycles. The molecule has 1 aliphatic rings. The van der Waals surface area contributed by atoms with Crippen molar-refractivity contribution in [3.05, 3.63) is 65.6 Å². The van der Waals surface area contributed by atoms with E-state index >= 15 is 0 Å². The highest BCUT2D eigenvalue weighted by molar-refractivity contribution is 7.12. The molecule has 1 aliphatic heterocycles. The van der Waals surface area contributed by atoms with Crippen molar-refractivity contribution in [2.75, 3.05) is 11.4 Å². The summed E-state index contributed by atoms with van der Waals surface area (Å²) in [7, 11) is 0. The van der Waals surface area contributed by atoms with Gasteiger partial charge < -0.3 is 4.90 Å². The van der Waals surface area contributed by atoms with Crippen LogP contribution < -0.4 is 4.90 Å². The van der Waals surface area contributed by atoms with Crippen molar-refractivity contribution < 1.29 is 4.79 Å². The summed E-state index contributed by atoms with van der Waals surface area (Å²) in [5, 5.41) is 3.02. The van der Waals surface area contributed by atoms with Crippen molar-refractivity contribution in [2.24, 2.45) is 0 Å². The molecule has 4 nitrogen and oxygen atoms in total. The molecule has 0 saturated carbocycles. The molecule has 3 heterocycles. The molecule has 0 aliphatic carbocycles. The van der Waals surface area contributed by atoms with Crippen molar-refractivity contribution in [1.82, 2.24) is 9.55 Å². The Labute approximate surface area is 145 Å². The number of Topliss-reactive ketones (excluding diaryl/α,β-unsaturated/α-hetero) is 1. The van der Waals surface area contributed by atoms with Crippen LogP contribution in [0, 0.1) is 0 Å². The fraction of sp³-hybridized carbons (Fsp3) is 0.263. The molecule has 0 N–H and O–H groups in total. The third-order valence-corrected chi connectivity index (χ3v) is 5.47. The Morgan fingerprint density at radius 1 is 1.25 bits per heavy atom. The van der Waals surface area contributed by atoms with Gasteiger partial charge in [-0.05, 0) is 48.9 Å². The van der Waals surface area contributed by atoms with Gasteiger partial charge in [-0.2, -0.15) is 0 Å². The molecule has 4 rings (SSSR count). The number of carbonyl (C=O) groups is 1. The van der Waals surface area contributed by atoms with E-state index in [4.69, 9.17) is 0 Å². The zero-order valence-electron chi connectivity index (χ0n) is 13.6. The van der Waals surface area contributed by atoms with Crippen molar-refractivity contribution >= 4 is 22.8 Å². The predicted molar refractivity (Wildman–Crippen MR) is 97.3 cm³/mol. The van der Waals surface area contributed by atoms with Gasteiger partial charge in [0.25, 0.3) is 0 Å². The summed E-state index contributed by atoms with van der Waals surface area (Å²) < 4.78 is 1.89. The average molecular weight is 337 g/mol. The van der Waals surface area contributed by atoms with Crippen LogP contribution in [0.2, 0.25) is 0 Å². The molecule has 1 aromatic carbocycles. The number of rotatable bonds is 4. The number of fused-ring (bicyclic) bond motifs is 1. The predicted octanol–water partition coefficient (Wildman–Crippen LogP) is 3.96. The Morgan fingerprint density at radius 2 is 2.12 bits per heavy atom. The minimum Gasteiger partial charge on any atom is -0.361 e. The third-order valence-electron chi connectivity index (χ3n) is 4.60. The molecule has 0 radical (unpaired) electrons. The van der Waals surface area contributed by atoms with Gasteiger partial charge in [0.15, 0.2) is 5.82 Å². The summed E-state index contributed by atoms with van der Waals surface area (Å²) in [5.41, 5.74) is 2.50. The zero-order chi connectivity index (χ0) is 16.5. The lowest BCUT2D eigenvalue weighted by molar-refractivity contribution is 0.0951. The first-order chi connectivity index (χ1) is 11.8. The summed E-state index contributed by atoms with van der Waals surface area (Å²) >= 11 is 1.61. The first kappa shape index (κ1) is 15.1. The maximum Gasteiger partial charge on any atom is 0.220 e. The van der Waals surface area contributed by atoms with Gasteiger partial charge in [0.05, 0.1) is 6.04 Å². The molecule has 0 bridgehead atoms. The van der Waals surface area contributed by atoms with Crippen molar-refractivity contribution in [3.63, 3.8) is 0 Å². The second kappa shape index (κ2) is 6.24. The third kappa shape index (κ3) is 2.55. The Hall–Kier alpha value is -2.40. The molecule has 3 aromatic rings. The van der Waals surface area contributed by atoms with Crippen LogP contribution in [-0.4, -0.2) is 27.9 Å². The van der Waals surface area contributed by atoms with Crippen molar-refractivity contribution in [3.8, 4) is 5.00 Å². The van der Waals surface area contributed by atoms with Crippen molar-refractivity contribution in [1.29, 1.82) is 0 Å². The summed E-state index contributed by atoms with van der Waals surface area (Å²) in [5.74, 6) is 0.568. The molecule has 122 valence electrons. The van der Waals surface area contributed by atoms with E-state index in [1.54, 1.807) is 17.5 Å². The van der Waals surface area contributed by atoms with Gasteiger partial charge in [-0.15, -0.1) is 11.3 Å². The highest BCUT2D eigenvalue weighted by Gasteiger charge is 2.29. The molecule has 0 unspecified atom stereocenters. The average Bonchev–Trinajstić information content (AvgIpc) is 3.30. The van der Waals surface area contributed by atoms with E-state index in [2.05, 4.69) is 28.1 Å². The standard InChI is InChI=1S/C19H19N3OS/c1-14(21-11-4-7-15-6-2-3-8-16(15)21)18(23)19-20-10-12-22(19)17-9-5-13-24-17/h2-3,5-6,8-10,12-14H,4,7,11H2,1H3/t14-/m0/s1. The van der Waals surface area contributed by atoms with Crippen LogP contribution >= 0.6 is 11.3 Å². The number of carbonyl (C=O) groups excluding carboxylic acids is 1. The van der Waals surface area contributed by atoms with Crippen molar-refractivity contribution in [2.45, 2.75) is 25.8 Å². The minimum atomic E-state index is -0.229. The van der Waals surface area contributed by atoms with Crippen LogP contribution in [0.5, 0.6) is 0 Å². The summed E-state index contributed by atoms with van der Waals surface area (Å²) in [4.78, 5) is 19.7. The van der Waals surface area contributed by atoms with E-state index < -0.39 is 0 Å². The number of nitrogens with zero attached hydrogens (tertiary/aromatic N) is 3. The summed E-state index contributed by atoms with van der Waals surface area (Å²) in [6.45, 7) is 2.89. The molecule has 0 fully saturated rings. The lowest BCUT2D eigenvalue weighted by Crippen LogP contribution is -2.43. The van der Waals surface area contributed by atoms with E-state index in [9.17, 15) is 4.79 Å². The highest BCUT2D eigenvalue weighted by atomic mass is 32.1. The van der Waals surface area contributed by atoms with Gasteiger partial charge >= 0.3 is 0 Å². The van der Waals surface area contributed by atoms with Gasteiger partial charge in [-0.1, -0.05) is 18.2 Å². The van der Waals surface area contributed by atoms with Crippen LogP contribution in [-0.2, 0) is 6.42 Å². The smallest absolute Gasteiger partial charge is 0.220 e. The Kier molecular flexibility index (Phi) is 3.94. The maximum atomic E-state index is 13.1. The Bertz CT molecular complexity index is 853. The molecular formula is C19H19N3OS.